The van der Waals surface area contributed by atoms with Gasteiger partial charge in [-0.1, -0.05) is 24.3 Å². The molecule has 1 aliphatic heterocycles. The Bertz CT molecular complexity index is 976. The van der Waals surface area contributed by atoms with Crippen molar-refractivity contribution in [1.82, 2.24) is 5.32 Å². The van der Waals surface area contributed by atoms with Gasteiger partial charge in [-0.3, -0.25) is 13.9 Å². The average molecular weight is 362 g/mol. The number of hydrogen-bond donors (Lipinski definition) is 2. The molecule has 3 rings (SSSR count). The van der Waals surface area contributed by atoms with E-state index in [9.17, 15) is 18.0 Å². The Kier molecular flexibility index (Phi) is 3.95. The molecule has 0 bridgehead atoms. The number of sulfonamides is 1. The minimum absolute atomic E-state index is 0.0911. The van der Waals surface area contributed by atoms with Gasteiger partial charge in [0.15, 0.2) is 0 Å². The number of aliphatic carboxylic acids is 1. The predicted octanol–water partition coefficient (Wildman–Crippen LogP) is 1.58. The molecule has 2 aromatic carbocycles. The van der Waals surface area contributed by atoms with Crippen molar-refractivity contribution >= 4 is 38.4 Å². The summed E-state index contributed by atoms with van der Waals surface area (Å²) in [6, 6.07) is 10.2. The highest BCUT2D eigenvalue weighted by atomic mass is 32.2. The number of hydrogen-bond acceptors (Lipinski definition) is 4. The quantitative estimate of drug-likeness (QED) is 0.840. The van der Waals surface area contributed by atoms with Crippen LogP contribution in [0, 0.1) is 5.41 Å². The molecule has 0 saturated heterocycles. The van der Waals surface area contributed by atoms with E-state index in [0.717, 1.165) is 9.69 Å². The van der Waals surface area contributed by atoms with E-state index in [4.69, 9.17) is 5.11 Å². The van der Waals surface area contributed by atoms with Crippen LogP contribution in [0.1, 0.15) is 13.8 Å². The number of anilines is 1. The van der Waals surface area contributed by atoms with E-state index in [2.05, 4.69) is 5.32 Å². The van der Waals surface area contributed by atoms with Crippen molar-refractivity contribution in [2.75, 3.05) is 17.4 Å². The van der Waals surface area contributed by atoms with Gasteiger partial charge >= 0.3 is 5.97 Å². The molecule has 0 fully saturated rings. The molecule has 0 aliphatic carbocycles. The molecule has 1 heterocycles. The first-order chi connectivity index (χ1) is 11.6. The van der Waals surface area contributed by atoms with Gasteiger partial charge < -0.3 is 10.4 Å². The molecule has 1 aliphatic rings. The summed E-state index contributed by atoms with van der Waals surface area (Å²) in [5, 5.41) is 13.0. The molecule has 2 aromatic rings. The first-order valence-corrected chi connectivity index (χ1v) is 9.13. The molecule has 0 spiro atoms. The highest BCUT2D eigenvalue weighted by Gasteiger charge is 2.37. The molecule has 8 heteroatoms. The average Bonchev–Trinajstić information content (AvgIpc) is 2.77. The minimum atomic E-state index is -3.81. The summed E-state index contributed by atoms with van der Waals surface area (Å²) in [5.74, 6) is -1.60. The van der Waals surface area contributed by atoms with Crippen LogP contribution in [0.3, 0.4) is 0 Å². The Labute approximate surface area is 145 Å². The third-order valence-electron chi connectivity index (χ3n) is 4.27. The minimum Gasteiger partial charge on any atom is -0.481 e. The second-order valence-electron chi connectivity index (χ2n) is 6.61. The fraction of sp³-hybridized carbons (Fsp3) is 0.294. The van der Waals surface area contributed by atoms with Crippen LogP contribution in [0.15, 0.2) is 41.3 Å². The topological polar surface area (TPSA) is 104 Å². The third kappa shape index (κ3) is 2.82. The molecular formula is C17H18N2O5S. The summed E-state index contributed by atoms with van der Waals surface area (Å²) in [5.41, 5.74) is -0.677. The number of carbonyl (C=O) groups excluding carboxylic acids is 1. The SMILES string of the molecule is CC(C)(CNC(=O)CN1c2cccc3cccc(c23)S1(=O)=O)C(=O)O. The van der Waals surface area contributed by atoms with E-state index in [1.807, 2.05) is 12.1 Å². The first kappa shape index (κ1) is 17.2. The van der Waals surface area contributed by atoms with Crippen LogP contribution in [0.5, 0.6) is 0 Å². The first-order valence-electron chi connectivity index (χ1n) is 7.69. The van der Waals surface area contributed by atoms with Gasteiger partial charge in [-0.25, -0.2) is 8.42 Å². The second kappa shape index (κ2) is 5.73. The highest BCUT2D eigenvalue weighted by Crippen LogP contribution is 2.41. The van der Waals surface area contributed by atoms with Crippen LogP contribution < -0.4 is 9.62 Å². The summed E-state index contributed by atoms with van der Waals surface area (Å²) in [6.45, 7) is 2.48. The zero-order valence-electron chi connectivity index (χ0n) is 13.8. The number of amides is 1. The Morgan fingerprint density at radius 1 is 1.16 bits per heavy atom. The van der Waals surface area contributed by atoms with Gasteiger partial charge in [-0.05, 0) is 31.4 Å². The maximum absolute atomic E-state index is 12.8. The number of nitrogens with one attached hydrogen (secondary N) is 1. The van der Waals surface area contributed by atoms with Crippen LogP contribution in [0.2, 0.25) is 0 Å². The fourth-order valence-electron chi connectivity index (χ4n) is 2.71. The van der Waals surface area contributed by atoms with Gasteiger partial charge in [0, 0.05) is 11.9 Å². The Morgan fingerprint density at radius 2 is 1.80 bits per heavy atom. The number of nitrogens with zero attached hydrogens (tertiary/aromatic N) is 1. The van der Waals surface area contributed by atoms with Gasteiger partial charge in [0.05, 0.1) is 16.0 Å². The van der Waals surface area contributed by atoms with Crippen molar-refractivity contribution in [2.45, 2.75) is 18.7 Å². The van der Waals surface area contributed by atoms with Gasteiger partial charge in [0.1, 0.15) is 6.54 Å². The van der Waals surface area contributed by atoms with Crippen LogP contribution in [-0.4, -0.2) is 38.5 Å². The van der Waals surface area contributed by atoms with Crippen molar-refractivity contribution < 1.29 is 23.1 Å². The summed E-state index contributed by atoms with van der Waals surface area (Å²) >= 11 is 0. The zero-order chi connectivity index (χ0) is 18.4. The van der Waals surface area contributed by atoms with Gasteiger partial charge in [-0.2, -0.15) is 0 Å². The summed E-state index contributed by atoms with van der Waals surface area (Å²) in [6.07, 6.45) is 0. The smallest absolute Gasteiger partial charge is 0.310 e. The van der Waals surface area contributed by atoms with Crippen LogP contribution >= 0.6 is 0 Å². The van der Waals surface area contributed by atoms with Gasteiger partial charge in [0.25, 0.3) is 10.0 Å². The number of rotatable bonds is 5. The maximum atomic E-state index is 12.8. The summed E-state index contributed by atoms with van der Waals surface area (Å²) < 4.78 is 26.6. The molecule has 7 nitrogen and oxygen atoms in total. The van der Waals surface area contributed by atoms with E-state index in [1.165, 1.54) is 19.9 Å². The van der Waals surface area contributed by atoms with Crippen molar-refractivity contribution in [2.24, 2.45) is 5.41 Å². The Hall–Kier alpha value is -2.61. The van der Waals surface area contributed by atoms with E-state index >= 15 is 0 Å². The van der Waals surface area contributed by atoms with E-state index in [1.54, 1.807) is 18.2 Å². The maximum Gasteiger partial charge on any atom is 0.310 e. The lowest BCUT2D eigenvalue weighted by Gasteiger charge is -2.22. The van der Waals surface area contributed by atoms with Crippen LogP contribution in [0.25, 0.3) is 10.8 Å². The van der Waals surface area contributed by atoms with Crippen molar-refractivity contribution in [3.63, 3.8) is 0 Å². The normalized spacial score (nSPS) is 15.4. The molecule has 132 valence electrons. The van der Waals surface area contributed by atoms with E-state index in [0.29, 0.717) is 11.1 Å². The molecule has 25 heavy (non-hydrogen) atoms. The number of carbonyl (C=O) groups is 2. The van der Waals surface area contributed by atoms with Crippen LogP contribution in [0.4, 0.5) is 5.69 Å². The lowest BCUT2D eigenvalue weighted by atomic mass is 9.94. The molecular weight excluding hydrogens is 344 g/mol. The van der Waals surface area contributed by atoms with E-state index < -0.39 is 33.9 Å². The molecule has 0 unspecified atom stereocenters. The molecule has 0 radical (unpaired) electrons. The molecule has 0 saturated carbocycles. The zero-order valence-corrected chi connectivity index (χ0v) is 14.6. The highest BCUT2D eigenvalue weighted by molar-refractivity contribution is 7.93. The largest absolute Gasteiger partial charge is 0.481 e. The lowest BCUT2D eigenvalue weighted by molar-refractivity contribution is -0.146. The van der Waals surface area contributed by atoms with Gasteiger partial charge in [-0.15, -0.1) is 0 Å². The van der Waals surface area contributed by atoms with Crippen LogP contribution in [-0.2, 0) is 19.6 Å². The number of carboxylic acids is 1. The molecule has 0 atom stereocenters. The number of carboxylic acid groups (broad SMARTS) is 1. The van der Waals surface area contributed by atoms with Crippen molar-refractivity contribution in [1.29, 1.82) is 0 Å². The predicted molar refractivity (Wildman–Crippen MR) is 92.9 cm³/mol. The Balaban J connectivity index is 1.86. The lowest BCUT2D eigenvalue weighted by Crippen LogP contribution is -2.44. The van der Waals surface area contributed by atoms with E-state index in [-0.39, 0.29) is 11.4 Å². The standard InChI is InChI=1S/C17H18N2O5S/c1-17(2,16(21)22)10-18-14(20)9-19-12-7-3-5-11-6-4-8-13(15(11)12)25(19,23)24/h3-8H,9-10H2,1-2H3,(H,18,20)(H,21,22). The van der Waals surface area contributed by atoms with Crippen molar-refractivity contribution in [3.8, 4) is 0 Å². The second-order valence-corrected chi connectivity index (χ2v) is 8.44. The molecule has 0 aromatic heterocycles. The number of benzene rings is 2. The Morgan fingerprint density at radius 3 is 2.44 bits per heavy atom. The summed E-state index contributed by atoms with van der Waals surface area (Å²) in [4.78, 5) is 23.5. The monoisotopic (exact) mass is 362 g/mol. The summed E-state index contributed by atoms with van der Waals surface area (Å²) in [7, 11) is -3.81. The van der Waals surface area contributed by atoms with Crippen molar-refractivity contribution in [3.05, 3.63) is 36.4 Å². The molecule has 1 amide bonds. The molecule has 2 N–H and O–H groups in total. The fourth-order valence-corrected chi connectivity index (χ4v) is 4.38. The third-order valence-corrected chi connectivity index (χ3v) is 6.08. The van der Waals surface area contributed by atoms with Gasteiger partial charge in [0.2, 0.25) is 5.91 Å².